The number of carbonyl (C=O) groups is 1. The van der Waals surface area contributed by atoms with E-state index in [2.05, 4.69) is 25.4 Å². The van der Waals surface area contributed by atoms with Crippen LogP contribution < -0.4 is 15.5 Å². The van der Waals surface area contributed by atoms with Crippen LogP contribution >= 0.6 is 23.2 Å². The standard InChI is InChI=1S/C27H37Cl2N7O/c28-23-8-7-20(18-24(23)29)32-27(37)35-16-10-22(11-17-35)36-15-5-6-21(19-36)31-26-30-12-9-25(33-26)34-13-3-1-2-4-14-34/h7-9,12,18,21-22H,1-6,10-11,13-17,19H2,(H,32,37)(H,30,31,33). The van der Waals surface area contributed by atoms with Crippen LogP contribution in [0, 0.1) is 0 Å². The quantitative estimate of drug-likeness (QED) is 0.499. The molecule has 4 heterocycles. The number of halogens is 2. The smallest absolute Gasteiger partial charge is 0.321 e. The number of likely N-dealkylation sites (tertiary alicyclic amines) is 2. The Hall–Kier alpha value is -2.29. The van der Waals surface area contributed by atoms with E-state index in [0.717, 1.165) is 76.7 Å². The first-order valence-corrected chi connectivity index (χ1v) is 14.4. The van der Waals surface area contributed by atoms with Crippen molar-refractivity contribution in [1.82, 2.24) is 19.8 Å². The predicted molar refractivity (Wildman–Crippen MR) is 151 cm³/mol. The summed E-state index contributed by atoms with van der Waals surface area (Å²) in [5.41, 5.74) is 0.661. The molecule has 3 saturated heterocycles. The van der Waals surface area contributed by atoms with Crippen molar-refractivity contribution in [3.63, 3.8) is 0 Å². The number of benzene rings is 1. The van der Waals surface area contributed by atoms with Gasteiger partial charge in [-0.25, -0.2) is 9.78 Å². The van der Waals surface area contributed by atoms with E-state index in [1.54, 1.807) is 18.2 Å². The monoisotopic (exact) mass is 545 g/mol. The van der Waals surface area contributed by atoms with E-state index in [9.17, 15) is 4.79 Å². The van der Waals surface area contributed by atoms with E-state index in [0.29, 0.717) is 27.8 Å². The third-order valence-corrected chi connectivity index (χ3v) is 8.53. The van der Waals surface area contributed by atoms with E-state index in [-0.39, 0.29) is 6.03 Å². The Balaban J connectivity index is 1.11. The van der Waals surface area contributed by atoms with Crippen LogP contribution in [-0.2, 0) is 0 Å². The minimum Gasteiger partial charge on any atom is -0.356 e. The summed E-state index contributed by atoms with van der Waals surface area (Å²) in [4.78, 5) is 29.0. The zero-order valence-corrected chi connectivity index (χ0v) is 22.9. The zero-order valence-electron chi connectivity index (χ0n) is 21.3. The first-order valence-electron chi connectivity index (χ1n) is 13.6. The molecule has 2 N–H and O–H groups in total. The molecule has 1 atom stereocenters. The number of carbonyl (C=O) groups excluding carboxylic acids is 1. The molecule has 2 aromatic rings. The number of nitrogens with one attached hydrogen (secondary N) is 2. The average molecular weight is 547 g/mol. The summed E-state index contributed by atoms with van der Waals surface area (Å²) in [5, 5.41) is 7.48. The highest BCUT2D eigenvalue weighted by molar-refractivity contribution is 6.42. The molecule has 0 aliphatic carbocycles. The van der Waals surface area contributed by atoms with Crippen molar-refractivity contribution in [1.29, 1.82) is 0 Å². The van der Waals surface area contributed by atoms with E-state index in [1.165, 1.54) is 25.7 Å². The molecule has 10 heteroatoms. The molecular weight excluding hydrogens is 509 g/mol. The van der Waals surface area contributed by atoms with Crippen molar-refractivity contribution in [3.05, 3.63) is 40.5 Å². The van der Waals surface area contributed by atoms with E-state index < -0.39 is 0 Å². The third-order valence-electron chi connectivity index (χ3n) is 7.80. The van der Waals surface area contributed by atoms with Gasteiger partial charge in [0.05, 0.1) is 10.0 Å². The molecule has 3 fully saturated rings. The van der Waals surface area contributed by atoms with Gasteiger partial charge in [0, 0.05) is 56.7 Å². The summed E-state index contributed by atoms with van der Waals surface area (Å²) in [6.07, 6.45) is 11.2. The van der Waals surface area contributed by atoms with Crippen LogP contribution in [-0.4, -0.2) is 77.2 Å². The highest BCUT2D eigenvalue weighted by atomic mass is 35.5. The average Bonchev–Trinajstić information content (AvgIpc) is 3.21. The van der Waals surface area contributed by atoms with E-state index >= 15 is 0 Å². The summed E-state index contributed by atoms with van der Waals surface area (Å²) in [6.45, 7) is 5.74. The van der Waals surface area contributed by atoms with Gasteiger partial charge in [0.1, 0.15) is 5.82 Å². The summed E-state index contributed by atoms with van der Waals surface area (Å²) in [6, 6.07) is 7.93. The van der Waals surface area contributed by atoms with Crippen LogP contribution in [0.15, 0.2) is 30.5 Å². The fourth-order valence-electron chi connectivity index (χ4n) is 5.74. The number of piperidine rings is 2. The summed E-state index contributed by atoms with van der Waals surface area (Å²) >= 11 is 12.1. The second-order valence-corrected chi connectivity index (χ2v) is 11.2. The predicted octanol–water partition coefficient (Wildman–Crippen LogP) is 5.74. The second-order valence-electron chi connectivity index (χ2n) is 10.4. The molecule has 8 nitrogen and oxygen atoms in total. The normalized spacial score (nSPS) is 21.9. The Kier molecular flexibility index (Phi) is 8.89. The van der Waals surface area contributed by atoms with E-state index in [1.807, 2.05) is 17.2 Å². The Bertz CT molecular complexity index is 1050. The molecular formula is C27H37Cl2N7O. The molecule has 2 amide bonds. The minimum atomic E-state index is -0.0866. The highest BCUT2D eigenvalue weighted by Gasteiger charge is 2.30. The SMILES string of the molecule is O=C(Nc1ccc(Cl)c(Cl)c1)N1CCC(N2CCCC(Nc3nccc(N4CCCCCC4)n3)C2)CC1. The van der Waals surface area contributed by atoms with Gasteiger partial charge in [-0.15, -0.1) is 0 Å². The lowest BCUT2D eigenvalue weighted by molar-refractivity contribution is 0.0997. The van der Waals surface area contributed by atoms with Crippen LogP contribution in [0.5, 0.6) is 0 Å². The van der Waals surface area contributed by atoms with Crippen LogP contribution in [0.25, 0.3) is 0 Å². The molecule has 1 aromatic carbocycles. The molecule has 1 unspecified atom stereocenters. The number of amides is 2. The van der Waals surface area contributed by atoms with Gasteiger partial charge in [0.2, 0.25) is 5.95 Å². The van der Waals surface area contributed by atoms with Crippen LogP contribution in [0.1, 0.15) is 51.4 Å². The van der Waals surface area contributed by atoms with Gasteiger partial charge in [-0.3, -0.25) is 4.90 Å². The molecule has 0 radical (unpaired) electrons. The first kappa shape index (κ1) is 26.3. The van der Waals surface area contributed by atoms with Crippen molar-refractivity contribution in [2.75, 3.05) is 54.8 Å². The highest BCUT2D eigenvalue weighted by Crippen LogP contribution is 2.27. The Morgan fingerprint density at radius 3 is 2.43 bits per heavy atom. The molecule has 3 aliphatic rings. The van der Waals surface area contributed by atoms with Crippen molar-refractivity contribution in [2.45, 2.75) is 63.5 Å². The minimum absolute atomic E-state index is 0.0866. The number of anilines is 3. The molecule has 0 bridgehead atoms. The largest absolute Gasteiger partial charge is 0.356 e. The van der Waals surface area contributed by atoms with Crippen LogP contribution in [0.4, 0.5) is 22.2 Å². The topological polar surface area (TPSA) is 76.6 Å². The summed E-state index contributed by atoms with van der Waals surface area (Å²) in [5.74, 6) is 1.78. The summed E-state index contributed by atoms with van der Waals surface area (Å²) in [7, 11) is 0. The van der Waals surface area contributed by atoms with Gasteiger partial charge in [0.25, 0.3) is 0 Å². The Morgan fingerprint density at radius 2 is 1.68 bits per heavy atom. The number of nitrogens with zero attached hydrogens (tertiary/aromatic N) is 5. The lowest BCUT2D eigenvalue weighted by Gasteiger charge is -2.42. The maximum absolute atomic E-state index is 12.8. The van der Waals surface area contributed by atoms with Crippen molar-refractivity contribution >= 4 is 46.7 Å². The number of aromatic nitrogens is 2. The number of hydrogen-bond donors (Lipinski definition) is 2. The Morgan fingerprint density at radius 1 is 0.892 bits per heavy atom. The molecule has 3 aliphatic heterocycles. The van der Waals surface area contributed by atoms with Gasteiger partial charge < -0.3 is 20.4 Å². The van der Waals surface area contributed by atoms with E-state index in [4.69, 9.17) is 28.2 Å². The lowest BCUT2D eigenvalue weighted by Crippen LogP contribution is -2.52. The van der Waals surface area contributed by atoms with Crippen molar-refractivity contribution in [3.8, 4) is 0 Å². The number of urea groups is 1. The molecule has 200 valence electrons. The zero-order chi connectivity index (χ0) is 25.6. The fourth-order valence-corrected chi connectivity index (χ4v) is 6.04. The lowest BCUT2D eigenvalue weighted by atomic mass is 9.98. The maximum Gasteiger partial charge on any atom is 0.321 e. The third kappa shape index (κ3) is 6.98. The fraction of sp³-hybridized carbons (Fsp3) is 0.593. The molecule has 1 aromatic heterocycles. The Labute approximate surface area is 229 Å². The molecule has 37 heavy (non-hydrogen) atoms. The second kappa shape index (κ2) is 12.5. The van der Waals surface area contributed by atoms with Gasteiger partial charge in [0.15, 0.2) is 0 Å². The molecule has 5 rings (SSSR count). The van der Waals surface area contributed by atoms with Gasteiger partial charge >= 0.3 is 6.03 Å². The number of rotatable bonds is 5. The van der Waals surface area contributed by atoms with Crippen molar-refractivity contribution in [2.24, 2.45) is 0 Å². The van der Waals surface area contributed by atoms with Crippen LogP contribution in [0.3, 0.4) is 0 Å². The summed E-state index contributed by atoms with van der Waals surface area (Å²) < 4.78 is 0. The van der Waals surface area contributed by atoms with Gasteiger partial charge in [-0.2, -0.15) is 4.98 Å². The van der Waals surface area contributed by atoms with Crippen molar-refractivity contribution < 1.29 is 4.79 Å². The molecule has 0 saturated carbocycles. The van der Waals surface area contributed by atoms with Gasteiger partial charge in [-0.1, -0.05) is 36.0 Å². The molecule has 0 spiro atoms. The van der Waals surface area contributed by atoms with Crippen LogP contribution in [0.2, 0.25) is 10.0 Å². The number of hydrogen-bond acceptors (Lipinski definition) is 6. The first-order chi connectivity index (χ1) is 18.0. The maximum atomic E-state index is 12.8. The van der Waals surface area contributed by atoms with Gasteiger partial charge in [-0.05, 0) is 69.3 Å².